The molecule has 4 nitrogen and oxygen atoms in total. The maximum atomic E-state index is 12.1. The molecule has 2 aromatic carbocycles. The van der Waals surface area contributed by atoms with E-state index in [1.807, 2.05) is 14.1 Å². The minimum absolute atomic E-state index is 0.0261. The highest BCUT2D eigenvalue weighted by Gasteiger charge is 2.10. The van der Waals surface area contributed by atoms with E-state index in [9.17, 15) is 8.42 Å². The molecule has 1 N–H and O–H groups in total. The Labute approximate surface area is 149 Å². The van der Waals surface area contributed by atoms with Gasteiger partial charge in [-0.15, -0.1) is 0 Å². The van der Waals surface area contributed by atoms with Crippen molar-refractivity contribution in [2.75, 3.05) is 25.5 Å². The van der Waals surface area contributed by atoms with Gasteiger partial charge in [-0.05, 0) is 48.2 Å². The summed E-state index contributed by atoms with van der Waals surface area (Å²) in [5, 5.41) is 0.601. The molecule has 0 atom stereocenters. The van der Waals surface area contributed by atoms with Crippen LogP contribution < -0.4 is 9.62 Å². The van der Waals surface area contributed by atoms with Crippen LogP contribution >= 0.6 is 11.6 Å². The van der Waals surface area contributed by atoms with Gasteiger partial charge >= 0.3 is 0 Å². The molecule has 6 heteroatoms. The van der Waals surface area contributed by atoms with Crippen molar-refractivity contribution in [2.45, 2.75) is 18.6 Å². The first-order valence-electron chi connectivity index (χ1n) is 7.84. The summed E-state index contributed by atoms with van der Waals surface area (Å²) in [6.07, 6.45) is 1.61. The average molecular weight is 367 g/mol. The molecule has 0 aliphatic rings. The first-order valence-corrected chi connectivity index (χ1v) is 9.87. The molecule has 0 heterocycles. The van der Waals surface area contributed by atoms with E-state index in [4.69, 9.17) is 11.6 Å². The number of benzene rings is 2. The standard InChI is InChI=1S/C18H23ClN2O2S/c1-21(2)18-11-7-15(8-12-18)4-3-13-20-24(22,23)14-16-5-9-17(19)10-6-16/h5-12,20H,3-4,13-14H2,1-2H3. The molecule has 0 saturated heterocycles. The molecule has 0 saturated carbocycles. The third kappa shape index (κ3) is 6.15. The monoisotopic (exact) mass is 366 g/mol. The van der Waals surface area contributed by atoms with E-state index < -0.39 is 10.0 Å². The summed E-state index contributed by atoms with van der Waals surface area (Å²) in [6.45, 7) is 0.436. The van der Waals surface area contributed by atoms with Gasteiger partial charge in [-0.25, -0.2) is 13.1 Å². The zero-order valence-electron chi connectivity index (χ0n) is 14.0. The van der Waals surface area contributed by atoms with Crippen LogP contribution in [0.25, 0.3) is 0 Å². The predicted octanol–water partition coefficient (Wildman–Crippen LogP) is 3.46. The van der Waals surface area contributed by atoms with Gasteiger partial charge in [0.25, 0.3) is 0 Å². The van der Waals surface area contributed by atoms with Crippen LogP contribution in [0.1, 0.15) is 17.5 Å². The third-order valence-electron chi connectivity index (χ3n) is 3.69. The van der Waals surface area contributed by atoms with E-state index in [0.717, 1.165) is 24.1 Å². The van der Waals surface area contributed by atoms with Crippen molar-refractivity contribution < 1.29 is 8.42 Å². The van der Waals surface area contributed by atoms with E-state index in [0.29, 0.717) is 11.6 Å². The lowest BCUT2D eigenvalue weighted by atomic mass is 10.1. The van der Waals surface area contributed by atoms with Crippen LogP contribution in [0.5, 0.6) is 0 Å². The highest BCUT2D eigenvalue weighted by Crippen LogP contribution is 2.14. The Morgan fingerprint density at radius 1 is 0.958 bits per heavy atom. The minimum Gasteiger partial charge on any atom is -0.378 e. The highest BCUT2D eigenvalue weighted by molar-refractivity contribution is 7.88. The van der Waals surface area contributed by atoms with E-state index in [1.165, 1.54) is 5.56 Å². The lowest BCUT2D eigenvalue weighted by Crippen LogP contribution is -2.26. The van der Waals surface area contributed by atoms with Gasteiger partial charge in [0.1, 0.15) is 0 Å². The summed E-state index contributed by atoms with van der Waals surface area (Å²) >= 11 is 5.80. The summed E-state index contributed by atoms with van der Waals surface area (Å²) < 4.78 is 26.8. The Morgan fingerprint density at radius 3 is 2.12 bits per heavy atom. The van der Waals surface area contributed by atoms with Crippen LogP contribution in [0, 0.1) is 0 Å². The molecule has 0 aliphatic heterocycles. The molecule has 0 unspecified atom stereocenters. The normalized spacial score (nSPS) is 11.5. The fraction of sp³-hybridized carbons (Fsp3) is 0.333. The average Bonchev–Trinajstić information content (AvgIpc) is 2.54. The first-order chi connectivity index (χ1) is 11.4. The summed E-state index contributed by atoms with van der Waals surface area (Å²) in [5.41, 5.74) is 3.09. The number of nitrogens with zero attached hydrogens (tertiary/aromatic N) is 1. The molecule has 0 fully saturated rings. The Kier molecular flexibility index (Phi) is 6.66. The molecule has 24 heavy (non-hydrogen) atoms. The van der Waals surface area contributed by atoms with Crippen molar-refractivity contribution in [3.8, 4) is 0 Å². The Balaban J connectivity index is 1.77. The molecule has 0 spiro atoms. The largest absolute Gasteiger partial charge is 0.378 e. The Bertz CT molecular complexity index is 742. The second-order valence-electron chi connectivity index (χ2n) is 5.94. The van der Waals surface area contributed by atoms with Gasteiger partial charge in [-0.1, -0.05) is 35.9 Å². The third-order valence-corrected chi connectivity index (χ3v) is 5.30. The van der Waals surface area contributed by atoms with Crippen molar-refractivity contribution in [1.29, 1.82) is 0 Å². The van der Waals surface area contributed by atoms with Gasteiger partial charge < -0.3 is 4.90 Å². The number of nitrogens with one attached hydrogen (secondary N) is 1. The predicted molar refractivity (Wildman–Crippen MR) is 101 cm³/mol. The second kappa shape index (κ2) is 8.51. The Morgan fingerprint density at radius 2 is 1.54 bits per heavy atom. The summed E-state index contributed by atoms with van der Waals surface area (Å²) in [4.78, 5) is 2.05. The summed E-state index contributed by atoms with van der Waals surface area (Å²) in [6, 6.07) is 15.2. The van der Waals surface area contributed by atoms with Crippen molar-refractivity contribution in [2.24, 2.45) is 0 Å². The molecule has 0 amide bonds. The van der Waals surface area contributed by atoms with Crippen LogP contribution in [0.3, 0.4) is 0 Å². The number of sulfonamides is 1. The lowest BCUT2D eigenvalue weighted by Gasteiger charge is -2.12. The summed E-state index contributed by atoms with van der Waals surface area (Å²) in [7, 11) is 0.689. The lowest BCUT2D eigenvalue weighted by molar-refractivity contribution is 0.578. The molecule has 0 aromatic heterocycles. The molecule has 0 radical (unpaired) electrons. The second-order valence-corrected chi connectivity index (χ2v) is 8.19. The fourth-order valence-electron chi connectivity index (χ4n) is 2.33. The zero-order chi connectivity index (χ0) is 17.6. The molecule has 2 rings (SSSR count). The number of anilines is 1. The van der Waals surface area contributed by atoms with Crippen LogP contribution in [0.4, 0.5) is 5.69 Å². The maximum absolute atomic E-state index is 12.1. The zero-order valence-corrected chi connectivity index (χ0v) is 15.6. The van der Waals surface area contributed by atoms with Gasteiger partial charge in [0.2, 0.25) is 10.0 Å². The van der Waals surface area contributed by atoms with Crippen molar-refractivity contribution in [3.05, 3.63) is 64.7 Å². The van der Waals surface area contributed by atoms with E-state index in [1.54, 1.807) is 24.3 Å². The van der Waals surface area contributed by atoms with Crippen LogP contribution in [0.2, 0.25) is 5.02 Å². The Hall–Kier alpha value is -1.56. The van der Waals surface area contributed by atoms with Crippen molar-refractivity contribution in [3.63, 3.8) is 0 Å². The highest BCUT2D eigenvalue weighted by atomic mass is 35.5. The minimum atomic E-state index is -3.32. The smallest absolute Gasteiger partial charge is 0.215 e. The van der Waals surface area contributed by atoms with Gasteiger partial charge in [0, 0.05) is 31.4 Å². The number of hydrogen-bond donors (Lipinski definition) is 1. The van der Waals surface area contributed by atoms with E-state index >= 15 is 0 Å². The maximum Gasteiger partial charge on any atom is 0.215 e. The fourth-order valence-corrected chi connectivity index (χ4v) is 3.65. The molecule has 130 valence electrons. The number of halogens is 1. The quantitative estimate of drug-likeness (QED) is 0.728. The van der Waals surface area contributed by atoms with Gasteiger partial charge in [0.05, 0.1) is 5.75 Å². The molecular weight excluding hydrogens is 344 g/mol. The van der Waals surface area contributed by atoms with E-state index in [-0.39, 0.29) is 5.75 Å². The number of hydrogen-bond acceptors (Lipinski definition) is 3. The number of aryl methyl sites for hydroxylation is 1. The van der Waals surface area contributed by atoms with Crippen LogP contribution in [0.15, 0.2) is 48.5 Å². The van der Waals surface area contributed by atoms with Gasteiger partial charge in [-0.3, -0.25) is 0 Å². The van der Waals surface area contributed by atoms with Crippen LogP contribution in [-0.4, -0.2) is 29.1 Å². The van der Waals surface area contributed by atoms with Crippen molar-refractivity contribution in [1.82, 2.24) is 4.72 Å². The molecule has 2 aromatic rings. The van der Waals surface area contributed by atoms with Crippen LogP contribution in [-0.2, 0) is 22.2 Å². The molecular formula is C18H23ClN2O2S. The molecule has 0 bridgehead atoms. The van der Waals surface area contributed by atoms with E-state index in [2.05, 4.69) is 33.9 Å². The topological polar surface area (TPSA) is 49.4 Å². The van der Waals surface area contributed by atoms with Gasteiger partial charge in [0.15, 0.2) is 0 Å². The first kappa shape index (κ1) is 18.8. The molecule has 0 aliphatic carbocycles. The van der Waals surface area contributed by atoms with Crippen molar-refractivity contribution >= 4 is 27.3 Å². The summed E-state index contributed by atoms with van der Waals surface area (Å²) in [5.74, 6) is -0.0261. The SMILES string of the molecule is CN(C)c1ccc(CCCNS(=O)(=O)Cc2ccc(Cl)cc2)cc1. The number of rotatable bonds is 8. The van der Waals surface area contributed by atoms with Gasteiger partial charge in [-0.2, -0.15) is 0 Å².